The van der Waals surface area contributed by atoms with Crippen molar-refractivity contribution in [2.75, 3.05) is 9.80 Å². The number of anilines is 6. The van der Waals surface area contributed by atoms with Gasteiger partial charge in [-0.3, -0.25) is 0 Å². The summed E-state index contributed by atoms with van der Waals surface area (Å²) in [6.07, 6.45) is 0. The SMILES string of the molecule is c1ccc([Si](c2ccccc2)(c2ccccc2)c2ccc(N(c3ccc(-c4cccc5ccccc45)cc3)c3ccc(-c4cccc5c4c4ccccc4n5-c4cc5ccccc5c5ccccc45)cc3)cc2)cc1.c1ccc([Si](c2ccccc2)(c2ccccc2)c2ccc(N(c3ccc(-c4cccc5ccccc45)cc3)c3ccc(-c4cccc5c4c4ccccc4n5-c4ccc5ccccc5c4)cc3)cc2)cc1. The second-order valence-corrected chi connectivity index (χ2v) is 45.6. The summed E-state index contributed by atoms with van der Waals surface area (Å²) in [5, 5.41) is 28.2. The Kier molecular flexibility index (Phi) is 22.7. The Morgan fingerprint density at radius 2 is 0.404 bits per heavy atom. The van der Waals surface area contributed by atoms with E-state index in [1.54, 1.807) is 0 Å². The second-order valence-electron chi connectivity index (χ2n) is 38.0. The van der Waals surface area contributed by atoms with Gasteiger partial charge in [-0.15, -0.1) is 0 Å². The van der Waals surface area contributed by atoms with Gasteiger partial charge in [0.25, 0.3) is 0 Å². The number of aromatic nitrogens is 2. The molecule has 27 rings (SSSR count). The molecule has 0 aliphatic carbocycles. The van der Waals surface area contributed by atoms with Gasteiger partial charge in [0.1, 0.15) is 0 Å². The van der Waals surface area contributed by atoms with Gasteiger partial charge in [0, 0.05) is 66.7 Å². The molecule has 25 aromatic carbocycles. The molecule has 0 N–H and O–H groups in total. The highest BCUT2D eigenvalue weighted by Crippen LogP contribution is 2.47. The van der Waals surface area contributed by atoms with E-state index >= 15 is 0 Å². The van der Waals surface area contributed by atoms with Crippen LogP contribution in [0.25, 0.3) is 153 Å². The summed E-state index contributed by atoms with van der Waals surface area (Å²) in [5.41, 5.74) is 23.2. The van der Waals surface area contributed by atoms with Crippen LogP contribution < -0.4 is 51.3 Å². The van der Waals surface area contributed by atoms with E-state index in [0.29, 0.717) is 0 Å². The van der Waals surface area contributed by atoms with E-state index in [4.69, 9.17) is 0 Å². The lowest BCUT2D eigenvalue weighted by Crippen LogP contribution is -2.74. The first-order chi connectivity index (χ1) is 72.4. The van der Waals surface area contributed by atoms with Crippen molar-refractivity contribution < 1.29 is 0 Å². The predicted octanol–water partition coefficient (Wildman–Crippen LogP) is 31.7. The van der Waals surface area contributed by atoms with Gasteiger partial charge in [-0.1, -0.05) is 479 Å². The summed E-state index contributed by atoms with van der Waals surface area (Å²) in [6.45, 7) is 0. The molecule has 0 fully saturated rings. The molecule has 0 saturated heterocycles. The van der Waals surface area contributed by atoms with Crippen LogP contribution in [0.4, 0.5) is 34.1 Å². The fourth-order valence-electron chi connectivity index (χ4n) is 23.5. The molecule has 0 amide bonds. The highest BCUT2D eigenvalue weighted by atomic mass is 28.3. The van der Waals surface area contributed by atoms with Gasteiger partial charge >= 0.3 is 0 Å². The fraction of sp³-hybridized carbons (Fsp3) is 0. The van der Waals surface area contributed by atoms with Crippen LogP contribution in [0.5, 0.6) is 0 Å². The molecule has 4 nitrogen and oxygen atoms in total. The number of nitrogens with zero attached hydrogens (tertiary/aromatic N) is 4. The van der Waals surface area contributed by atoms with Crippen molar-refractivity contribution in [3.8, 4) is 55.9 Å². The van der Waals surface area contributed by atoms with Crippen molar-refractivity contribution >= 4 is 189 Å². The molecule has 0 aliphatic heterocycles. The molecule has 6 heteroatoms. The van der Waals surface area contributed by atoms with Gasteiger partial charge in [0.15, 0.2) is 16.1 Å². The molecule has 27 aromatic rings. The topological polar surface area (TPSA) is 16.3 Å². The standard InChI is InChI=1S/C72H50N2Si.C68H48N2Si/c1-4-23-58(24-5-1)75(59-25-6-2-7-26-59,60-27-8-3-9-28-60)61-48-46-57(47-49-61)73(55-42-38-52(39-43-55)63-34-18-22-51-20-10-12-29-62(51)63)56-44-40-53(41-45-56)65-35-19-37-70-72(65)68-33-16-17-36-69(68)74(70)71-50-54-21-11-13-30-64(54)66-31-14-15-32-67(66)71;1-4-22-58(23-5-1)71(59-24-6-2-7-25-59,60-26-8-3-9-27-60)61-46-44-56(45-47-61)69(54-39-35-51(36-40-54)63-30-16-21-50-19-12-13-28-62(50)63)55-41-37-52(38-42-55)64-31-17-33-67-68(64)65-29-14-15-32-66(65)70(67)57-43-34-49-18-10-11-20-53(49)48-57/h1-50H;1-48H. The summed E-state index contributed by atoms with van der Waals surface area (Å²) in [7, 11) is -5.46. The number of hydrogen-bond acceptors (Lipinski definition) is 2. The van der Waals surface area contributed by atoms with Gasteiger partial charge in [0.05, 0.1) is 27.8 Å². The van der Waals surface area contributed by atoms with E-state index in [2.05, 4.69) is 613 Å². The molecule has 0 saturated carbocycles. The molecular weight excluding hydrogens is 1790 g/mol. The number of hydrogen-bond donors (Lipinski definition) is 0. The smallest absolute Gasteiger partial charge is 0.179 e. The molecule has 146 heavy (non-hydrogen) atoms. The van der Waals surface area contributed by atoms with E-state index in [1.807, 2.05) is 0 Å². The van der Waals surface area contributed by atoms with E-state index in [-0.39, 0.29) is 0 Å². The van der Waals surface area contributed by atoms with Crippen LogP contribution in [-0.2, 0) is 0 Å². The fourth-order valence-corrected chi connectivity index (χ4v) is 32.9. The first kappa shape index (κ1) is 87.7. The Labute approximate surface area is 852 Å². The van der Waals surface area contributed by atoms with Crippen LogP contribution in [0.15, 0.2) is 595 Å². The van der Waals surface area contributed by atoms with Crippen molar-refractivity contribution in [2.45, 2.75) is 0 Å². The molecule has 0 bridgehead atoms. The van der Waals surface area contributed by atoms with Crippen molar-refractivity contribution in [3.05, 3.63) is 595 Å². The number of fused-ring (bicyclic) bond motifs is 12. The minimum absolute atomic E-state index is 1.08. The zero-order chi connectivity index (χ0) is 96.9. The van der Waals surface area contributed by atoms with Crippen molar-refractivity contribution in [3.63, 3.8) is 0 Å². The van der Waals surface area contributed by atoms with Crippen molar-refractivity contribution in [1.29, 1.82) is 0 Å². The average Bonchev–Trinajstić information content (AvgIpc) is 1.42. The third-order valence-corrected chi connectivity index (χ3v) is 39.7. The van der Waals surface area contributed by atoms with Crippen LogP contribution >= 0.6 is 0 Å². The molecule has 0 spiro atoms. The molecule has 0 radical (unpaired) electrons. The summed E-state index contributed by atoms with van der Waals surface area (Å²) in [4.78, 5) is 4.82. The second kappa shape index (κ2) is 37.8. The molecule has 2 aromatic heterocycles. The molecule has 0 unspecified atom stereocenters. The van der Waals surface area contributed by atoms with Crippen molar-refractivity contribution in [2.24, 2.45) is 0 Å². The molecule has 0 aliphatic rings. The number of benzene rings is 25. The Bertz CT molecular complexity index is 9290. The third-order valence-electron chi connectivity index (χ3n) is 30.1. The first-order valence-corrected chi connectivity index (χ1v) is 54.4. The summed E-state index contributed by atoms with van der Waals surface area (Å²) in [5.74, 6) is 0. The molecule has 2 heterocycles. The van der Waals surface area contributed by atoms with Crippen LogP contribution in [-0.4, -0.2) is 25.3 Å². The lowest BCUT2D eigenvalue weighted by Gasteiger charge is -2.35. The summed E-state index contributed by atoms with van der Waals surface area (Å²) in [6, 6.07) is 220. The van der Waals surface area contributed by atoms with Gasteiger partial charge < -0.3 is 18.9 Å². The van der Waals surface area contributed by atoms with Gasteiger partial charge in [0.2, 0.25) is 0 Å². The lowest BCUT2D eigenvalue weighted by molar-refractivity contribution is 1.19. The first-order valence-electron chi connectivity index (χ1n) is 50.4. The van der Waals surface area contributed by atoms with E-state index < -0.39 is 16.1 Å². The Morgan fingerprint density at radius 1 is 0.144 bits per heavy atom. The van der Waals surface area contributed by atoms with E-state index in [0.717, 1.165) is 39.8 Å². The van der Waals surface area contributed by atoms with E-state index in [9.17, 15) is 0 Å². The number of para-hydroxylation sites is 2. The van der Waals surface area contributed by atoms with Crippen LogP contribution in [0.3, 0.4) is 0 Å². The van der Waals surface area contributed by atoms with Crippen LogP contribution in [0.2, 0.25) is 0 Å². The summed E-state index contributed by atoms with van der Waals surface area (Å²) >= 11 is 0. The predicted molar refractivity (Wildman–Crippen MR) is 627 cm³/mol. The Balaban J connectivity index is 0.000000149. The van der Waals surface area contributed by atoms with Crippen LogP contribution in [0, 0.1) is 0 Å². The lowest BCUT2D eigenvalue weighted by atomic mass is 9.97. The monoisotopic (exact) mass is 1890 g/mol. The minimum Gasteiger partial charge on any atom is -0.311 e. The Morgan fingerprint density at radius 3 is 0.795 bits per heavy atom. The third kappa shape index (κ3) is 15.4. The average molecular weight is 1890 g/mol. The molecule has 0 atom stereocenters. The van der Waals surface area contributed by atoms with Crippen molar-refractivity contribution in [1.82, 2.24) is 9.13 Å². The van der Waals surface area contributed by atoms with Gasteiger partial charge in [-0.05, 0) is 250 Å². The van der Waals surface area contributed by atoms with Gasteiger partial charge in [-0.2, -0.15) is 0 Å². The normalized spacial score (nSPS) is 11.7. The summed E-state index contributed by atoms with van der Waals surface area (Å²) < 4.78 is 4.91. The highest BCUT2D eigenvalue weighted by molar-refractivity contribution is 7.20. The minimum atomic E-state index is -2.74. The largest absolute Gasteiger partial charge is 0.311 e. The van der Waals surface area contributed by atoms with E-state index in [1.165, 1.54) is 189 Å². The zero-order valence-corrected chi connectivity index (χ0v) is 82.4. The van der Waals surface area contributed by atoms with Crippen LogP contribution in [0.1, 0.15) is 0 Å². The molecule has 686 valence electrons. The number of rotatable bonds is 20. The maximum absolute atomic E-state index is 2.74. The maximum Gasteiger partial charge on any atom is 0.179 e. The quantitative estimate of drug-likeness (QED) is 0.0430. The maximum atomic E-state index is 2.48. The zero-order valence-electron chi connectivity index (χ0n) is 80.4. The van der Waals surface area contributed by atoms with Gasteiger partial charge in [-0.25, -0.2) is 0 Å². The highest BCUT2D eigenvalue weighted by Gasteiger charge is 2.43. The Hall–Kier alpha value is -18.6. The molecular formula is C140H98N4Si2.